The molecule has 25 heavy (non-hydrogen) atoms. The fourth-order valence-electron chi connectivity index (χ4n) is 3.27. The van der Waals surface area contributed by atoms with Gasteiger partial charge in [0.1, 0.15) is 0 Å². The highest BCUT2D eigenvalue weighted by atomic mass is 32.1. The lowest BCUT2D eigenvalue weighted by Gasteiger charge is -2.25. The molecule has 0 spiro atoms. The Labute approximate surface area is 150 Å². The molecule has 1 aromatic carbocycles. The molecule has 1 aromatic heterocycles. The van der Waals surface area contributed by atoms with Gasteiger partial charge in [-0.15, -0.1) is 17.8 Å². The Hall–Kier alpha value is -2.39. The summed E-state index contributed by atoms with van der Waals surface area (Å²) in [5.74, 6) is 1.63. The predicted octanol–water partition coefficient (Wildman–Crippen LogP) is 2.69. The number of nitrogens with one attached hydrogen (secondary N) is 1. The third kappa shape index (κ3) is 3.99. The summed E-state index contributed by atoms with van der Waals surface area (Å²) in [4.78, 5) is 29.0. The van der Waals surface area contributed by atoms with E-state index in [1.54, 1.807) is 11.3 Å². The van der Waals surface area contributed by atoms with Crippen LogP contribution in [0.15, 0.2) is 24.3 Å². The van der Waals surface area contributed by atoms with E-state index in [0.29, 0.717) is 6.42 Å². The van der Waals surface area contributed by atoms with E-state index in [4.69, 9.17) is 11.2 Å². The van der Waals surface area contributed by atoms with E-state index in [1.165, 1.54) is 0 Å². The largest absolute Gasteiger partial charge is 0.455 e. The number of carbonyl (C=O) groups is 2. The SMILES string of the molecule is C#CCNC(=O)COC(=O)C1(Cc2nc3ccccc3s2)CCCC1. The number of thiazole rings is 1. The van der Waals surface area contributed by atoms with Crippen LogP contribution in [0.25, 0.3) is 10.2 Å². The van der Waals surface area contributed by atoms with Crippen molar-refractivity contribution in [3.8, 4) is 12.3 Å². The summed E-state index contributed by atoms with van der Waals surface area (Å²) < 4.78 is 6.41. The molecule has 1 N–H and O–H groups in total. The van der Waals surface area contributed by atoms with Crippen molar-refractivity contribution in [2.24, 2.45) is 5.41 Å². The van der Waals surface area contributed by atoms with E-state index in [2.05, 4.69) is 16.2 Å². The Kier molecular flexibility index (Phi) is 5.34. The first-order valence-corrected chi connectivity index (χ1v) is 9.16. The topological polar surface area (TPSA) is 68.3 Å². The van der Waals surface area contributed by atoms with Gasteiger partial charge in [0.15, 0.2) is 6.61 Å². The lowest BCUT2D eigenvalue weighted by atomic mass is 9.83. The van der Waals surface area contributed by atoms with E-state index < -0.39 is 5.41 Å². The lowest BCUT2D eigenvalue weighted by Crippen LogP contribution is -2.36. The molecule has 1 fully saturated rings. The maximum absolute atomic E-state index is 12.7. The second-order valence-corrected chi connectivity index (χ2v) is 7.41. The van der Waals surface area contributed by atoms with Crippen LogP contribution in [0, 0.1) is 17.8 Å². The quantitative estimate of drug-likeness (QED) is 0.638. The van der Waals surface area contributed by atoms with Gasteiger partial charge in [-0.1, -0.05) is 30.9 Å². The van der Waals surface area contributed by atoms with E-state index >= 15 is 0 Å². The standard InChI is InChI=1S/C19H20N2O3S/c1-2-11-20-16(22)13-24-18(23)19(9-5-6-10-19)12-17-21-14-7-3-4-8-15(14)25-17/h1,3-4,7-8H,5-6,9-13H2,(H,20,22). The summed E-state index contributed by atoms with van der Waals surface area (Å²) in [7, 11) is 0. The van der Waals surface area contributed by atoms with Crippen molar-refractivity contribution >= 4 is 33.4 Å². The van der Waals surface area contributed by atoms with Crippen LogP contribution in [-0.2, 0) is 20.7 Å². The van der Waals surface area contributed by atoms with Crippen molar-refractivity contribution in [3.05, 3.63) is 29.3 Å². The third-order valence-corrected chi connectivity index (χ3v) is 5.58. The number of aromatic nitrogens is 1. The van der Waals surface area contributed by atoms with Gasteiger partial charge >= 0.3 is 5.97 Å². The number of hydrogen-bond donors (Lipinski definition) is 1. The molecule has 3 rings (SSSR count). The van der Waals surface area contributed by atoms with Crippen molar-refractivity contribution in [1.82, 2.24) is 10.3 Å². The first-order chi connectivity index (χ1) is 12.1. The molecule has 1 aliphatic rings. The maximum Gasteiger partial charge on any atom is 0.313 e. The van der Waals surface area contributed by atoms with Crippen molar-refractivity contribution in [1.29, 1.82) is 0 Å². The average Bonchev–Trinajstić information content (AvgIpc) is 3.25. The Bertz CT molecular complexity index is 782. The van der Waals surface area contributed by atoms with Gasteiger partial charge in [0, 0.05) is 6.42 Å². The molecule has 0 aliphatic heterocycles. The normalized spacial score (nSPS) is 15.6. The molecule has 1 amide bonds. The smallest absolute Gasteiger partial charge is 0.313 e. The molecule has 1 aliphatic carbocycles. The highest BCUT2D eigenvalue weighted by Gasteiger charge is 2.43. The molecular formula is C19H20N2O3S. The van der Waals surface area contributed by atoms with Crippen LogP contribution in [0.3, 0.4) is 0 Å². The van der Waals surface area contributed by atoms with Gasteiger partial charge < -0.3 is 10.1 Å². The average molecular weight is 356 g/mol. The molecule has 1 saturated carbocycles. The summed E-state index contributed by atoms with van der Waals surface area (Å²) >= 11 is 1.62. The van der Waals surface area contributed by atoms with Gasteiger partial charge in [0.25, 0.3) is 5.91 Å². The fraction of sp³-hybridized carbons (Fsp3) is 0.421. The van der Waals surface area contributed by atoms with Crippen LogP contribution in [0.4, 0.5) is 0 Å². The lowest BCUT2D eigenvalue weighted by molar-refractivity contribution is -0.158. The van der Waals surface area contributed by atoms with Crippen molar-refractivity contribution in [3.63, 3.8) is 0 Å². The molecule has 0 unspecified atom stereocenters. The number of ether oxygens (including phenoxy) is 1. The van der Waals surface area contributed by atoms with Crippen LogP contribution in [0.2, 0.25) is 0 Å². The predicted molar refractivity (Wildman–Crippen MR) is 97.0 cm³/mol. The maximum atomic E-state index is 12.7. The van der Waals surface area contributed by atoms with Gasteiger partial charge in [-0.25, -0.2) is 4.98 Å². The molecule has 0 saturated heterocycles. The monoisotopic (exact) mass is 356 g/mol. The highest BCUT2D eigenvalue weighted by Crippen LogP contribution is 2.43. The Balaban J connectivity index is 1.69. The van der Waals surface area contributed by atoms with Gasteiger partial charge in [-0.3, -0.25) is 9.59 Å². The highest BCUT2D eigenvalue weighted by molar-refractivity contribution is 7.18. The molecular weight excluding hydrogens is 336 g/mol. The number of para-hydroxylation sites is 1. The third-order valence-electron chi connectivity index (χ3n) is 4.54. The summed E-state index contributed by atoms with van der Waals surface area (Å²) in [6.45, 7) is -0.157. The van der Waals surface area contributed by atoms with E-state index in [0.717, 1.165) is 40.9 Å². The molecule has 0 bridgehead atoms. The Morgan fingerprint density at radius 3 is 2.80 bits per heavy atom. The minimum atomic E-state index is -0.569. The number of rotatable bonds is 6. The number of esters is 1. The first kappa shape index (κ1) is 17.4. The Morgan fingerprint density at radius 1 is 1.32 bits per heavy atom. The molecule has 0 atom stereocenters. The van der Waals surface area contributed by atoms with E-state index in [9.17, 15) is 9.59 Å². The summed E-state index contributed by atoms with van der Waals surface area (Å²) in [6.07, 6.45) is 9.18. The zero-order chi connectivity index (χ0) is 17.7. The second-order valence-electron chi connectivity index (χ2n) is 6.30. The second kappa shape index (κ2) is 7.66. The summed E-state index contributed by atoms with van der Waals surface area (Å²) in [5, 5.41) is 3.44. The van der Waals surface area contributed by atoms with Crippen LogP contribution in [0.5, 0.6) is 0 Å². The number of terminal acetylenes is 1. The van der Waals surface area contributed by atoms with Crippen molar-refractivity contribution in [2.75, 3.05) is 13.2 Å². The van der Waals surface area contributed by atoms with Gasteiger partial charge in [0.05, 0.1) is 27.2 Å². The zero-order valence-electron chi connectivity index (χ0n) is 13.9. The number of amides is 1. The Morgan fingerprint density at radius 2 is 2.08 bits per heavy atom. The number of carbonyl (C=O) groups excluding carboxylic acids is 2. The number of hydrogen-bond acceptors (Lipinski definition) is 5. The van der Waals surface area contributed by atoms with E-state index in [1.807, 2.05) is 24.3 Å². The molecule has 2 aromatic rings. The first-order valence-electron chi connectivity index (χ1n) is 8.35. The van der Waals surface area contributed by atoms with Gasteiger partial charge in [-0.2, -0.15) is 0 Å². The minimum Gasteiger partial charge on any atom is -0.455 e. The van der Waals surface area contributed by atoms with Crippen LogP contribution in [-0.4, -0.2) is 30.0 Å². The molecule has 0 radical (unpaired) electrons. The van der Waals surface area contributed by atoms with Gasteiger partial charge in [-0.05, 0) is 25.0 Å². The van der Waals surface area contributed by atoms with Crippen LogP contribution in [0.1, 0.15) is 30.7 Å². The number of benzene rings is 1. The number of fused-ring (bicyclic) bond motifs is 1. The molecule has 6 heteroatoms. The minimum absolute atomic E-state index is 0.132. The summed E-state index contributed by atoms with van der Waals surface area (Å²) in [6, 6.07) is 7.95. The van der Waals surface area contributed by atoms with Gasteiger partial charge in [0.2, 0.25) is 0 Å². The molecule has 1 heterocycles. The zero-order valence-corrected chi connectivity index (χ0v) is 14.7. The molecule has 5 nitrogen and oxygen atoms in total. The van der Waals surface area contributed by atoms with Crippen molar-refractivity contribution in [2.45, 2.75) is 32.1 Å². The molecule has 130 valence electrons. The summed E-state index contributed by atoms with van der Waals surface area (Å²) in [5.41, 5.74) is 0.387. The van der Waals surface area contributed by atoms with E-state index in [-0.39, 0.29) is 25.0 Å². The van der Waals surface area contributed by atoms with Crippen LogP contribution >= 0.6 is 11.3 Å². The van der Waals surface area contributed by atoms with Crippen LogP contribution < -0.4 is 5.32 Å². The van der Waals surface area contributed by atoms with Crippen molar-refractivity contribution < 1.29 is 14.3 Å². The fourth-order valence-corrected chi connectivity index (χ4v) is 4.39. The number of nitrogens with zero attached hydrogens (tertiary/aromatic N) is 1.